The number of nitrogens with zero attached hydrogens (tertiary/aromatic N) is 1. The number of para-hydroxylation sites is 2. The Bertz CT molecular complexity index is 2370. The SMILES string of the molecule is C1=CC2=C(NC1)C1(c3ccccc3Oc3ccccc31)c1cc(-c3ccc(C4N=C(c5ccccc5)C=C(c5ccccc5)N4)cc3)ccc12. The largest absolute Gasteiger partial charge is 0.457 e. The molecule has 0 radical (unpaired) electrons. The molecule has 50 heavy (non-hydrogen) atoms. The standard InChI is InChI=1S/C46H33N3O/c1-3-12-31(13-4-1)40-29-41(32-14-5-2-6-15-32)49-45(48-40)33-23-21-30(22-24-33)34-25-26-35-36-16-11-27-47-44(36)46(39(35)28-34)37-17-7-9-19-42(37)50-43-20-10-8-18-38(43)46/h1-26,28-29,45,47-48H,27H2. The lowest BCUT2D eigenvalue weighted by molar-refractivity contribution is 0.429. The molecule has 3 heterocycles. The van der Waals surface area contributed by atoms with Crippen LogP contribution < -0.4 is 15.4 Å². The van der Waals surface area contributed by atoms with Gasteiger partial charge in [0.1, 0.15) is 17.7 Å². The first kappa shape index (κ1) is 28.6. The topological polar surface area (TPSA) is 45.6 Å². The molecule has 10 rings (SSSR count). The average molecular weight is 644 g/mol. The van der Waals surface area contributed by atoms with Crippen LogP contribution in [-0.2, 0) is 5.41 Å². The molecule has 0 amide bonds. The van der Waals surface area contributed by atoms with Crippen molar-refractivity contribution >= 4 is 17.0 Å². The first-order valence-corrected chi connectivity index (χ1v) is 17.2. The van der Waals surface area contributed by atoms with Gasteiger partial charge in [-0.2, -0.15) is 0 Å². The van der Waals surface area contributed by atoms with Gasteiger partial charge < -0.3 is 15.4 Å². The zero-order valence-electron chi connectivity index (χ0n) is 27.3. The number of dihydropyridines is 1. The van der Waals surface area contributed by atoms with E-state index < -0.39 is 5.41 Å². The van der Waals surface area contributed by atoms with Crippen LogP contribution in [0.25, 0.3) is 22.4 Å². The fraction of sp³-hybridized carbons (Fsp3) is 0.0652. The van der Waals surface area contributed by atoms with Gasteiger partial charge in [0, 0.05) is 34.6 Å². The Hall–Kier alpha value is -6.39. The Balaban J connectivity index is 1.07. The van der Waals surface area contributed by atoms with Crippen molar-refractivity contribution in [3.63, 3.8) is 0 Å². The first-order chi connectivity index (χ1) is 24.8. The van der Waals surface area contributed by atoms with E-state index in [1.165, 1.54) is 28.0 Å². The average Bonchev–Trinajstić information content (AvgIpc) is 3.48. The minimum Gasteiger partial charge on any atom is -0.457 e. The zero-order chi connectivity index (χ0) is 33.1. The fourth-order valence-electron chi connectivity index (χ4n) is 8.13. The lowest BCUT2D eigenvalue weighted by Gasteiger charge is -2.41. The maximum Gasteiger partial charge on any atom is 0.145 e. The summed E-state index contributed by atoms with van der Waals surface area (Å²) in [4.78, 5) is 5.19. The predicted molar refractivity (Wildman–Crippen MR) is 202 cm³/mol. The highest BCUT2D eigenvalue weighted by Gasteiger charge is 2.52. The highest BCUT2D eigenvalue weighted by Crippen LogP contribution is 2.61. The monoisotopic (exact) mass is 643 g/mol. The van der Waals surface area contributed by atoms with E-state index in [9.17, 15) is 0 Å². The summed E-state index contributed by atoms with van der Waals surface area (Å²) in [7, 11) is 0. The van der Waals surface area contributed by atoms with Crippen molar-refractivity contribution in [2.75, 3.05) is 6.54 Å². The van der Waals surface area contributed by atoms with Crippen molar-refractivity contribution in [3.05, 3.63) is 215 Å². The lowest BCUT2D eigenvalue weighted by Crippen LogP contribution is -2.39. The molecule has 0 saturated carbocycles. The molecule has 1 atom stereocenters. The van der Waals surface area contributed by atoms with E-state index in [0.29, 0.717) is 0 Å². The minimum atomic E-state index is -0.508. The second-order valence-corrected chi connectivity index (χ2v) is 13.1. The molecular weight excluding hydrogens is 611 g/mol. The predicted octanol–water partition coefficient (Wildman–Crippen LogP) is 9.81. The van der Waals surface area contributed by atoms with E-state index in [0.717, 1.165) is 62.8 Å². The molecule has 6 aromatic carbocycles. The normalized spacial score (nSPS) is 17.6. The van der Waals surface area contributed by atoms with E-state index >= 15 is 0 Å². The van der Waals surface area contributed by atoms with E-state index in [2.05, 4.69) is 168 Å². The van der Waals surface area contributed by atoms with Crippen LogP contribution in [0.4, 0.5) is 0 Å². The van der Waals surface area contributed by atoms with Gasteiger partial charge in [0.05, 0.1) is 11.1 Å². The van der Waals surface area contributed by atoms with E-state index in [-0.39, 0.29) is 6.17 Å². The van der Waals surface area contributed by atoms with Crippen molar-refractivity contribution in [2.45, 2.75) is 11.6 Å². The van der Waals surface area contributed by atoms with Crippen LogP contribution in [0.1, 0.15) is 45.1 Å². The van der Waals surface area contributed by atoms with Gasteiger partial charge in [-0.1, -0.05) is 146 Å². The molecule has 0 bridgehead atoms. The van der Waals surface area contributed by atoms with Gasteiger partial charge in [0.25, 0.3) is 0 Å². The number of hydrogen-bond acceptors (Lipinski definition) is 4. The van der Waals surface area contributed by atoms with Crippen LogP contribution in [0.5, 0.6) is 11.5 Å². The lowest BCUT2D eigenvalue weighted by atomic mass is 9.67. The van der Waals surface area contributed by atoms with E-state index in [1.54, 1.807) is 0 Å². The summed E-state index contributed by atoms with van der Waals surface area (Å²) >= 11 is 0. The summed E-state index contributed by atoms with van der Waals surface area (Å²) in [6.07, 6.45) is 6.44. The molecule has 2 N–H and O–H groups in total. The van der Waals surface area contributed by atoms with Crippen molar-refractivity contribution in [2.24, 2.45) is 4.99 Å². The molecular formula is C46H33N3O. The van der Waals surface area contributed by atoms with Gasteiger partial charge in [-0.05, 0) is 63.2 Å². The molecule has 0 fully saturated rings. The van der Waals surface area contributed by atoms with Crippen LogP contribution in [0, 0.1) is 0 Å². The molecule has 0 saturated heterocycles. The van der Waals surface area contributed by atoms with Crippen LogP contribution in [0.15, 0.2) is 181 Å². The first-order valence-electron chi connectivity index (χ1n) is 17.2. The maximum absolute atomic E-state index is 6.53. The Morgan fingerprint density at radius 1 is 0.600 bits per heavy atom. The zero-order valence-corrected chi connectivity index (χ0v) is 27.3. The molecule has 4 aliphatic rings. The van der Waals surface area contributed by atoms with Crippen molar-refractivity contribution in [3.8, 4) is 22.6 Å². The van der Waals surface area contributed by atoms with Gasteiger partial charge in [-0.25, -0.2) is 0 Å². The number of ether oxygens (including phenoxy) is 1. The molecule has 3 aliphatic heterocycles. The molecule has 238 valence electrons. The highest BCUT2D eigenvalue weighted by atomic mass is 16.5. The maximum atomic E-state index is 6.53. The summed E-state index contributed by atoms with van der Waals surface area (Å²) in [5.41, 5.74) is 14.5. The Kier molecular flexibility index (Phi) is 6.50. The number of aliphatic imine (C=N–C) groups is 1. The van der Waals surface area contributed by atoms with Crippen molar-refractivity contribution in [1.82, 2.24) is 10.6 Å². The smallest absolute Gasteiger partial charge is 0.145 e. The number of allylic oxidation sites excluding steroid dienone is 4. The third kappa shape index (κ3) is 4.35. The molecule has 0 aromatic heterocycles. The second-order valence-electron chi connectivity index (χ2n) is 13.1. The van der Waals surface area contributed by atoms with E-state index in [1.807, 2.05) is 12.1 Å². The molecule has 4 heteroatoms. The van der Waals surface area contributed by atoms with Gasteiger partial charge in [-0.3, -0.25) is 4.99 Å². The second kappa shape index (κ2) is 11.4. The number of hydrogen-bond donors (Lipinski definition) is 2. The summed E-state index contributed by atoms with van der Waals surface area (Å²) < 4.78 is 6.53. The summed E-state index contributed by atoms with van der Waals surface area (Å²) in [6.45, 7) is 0.791. The van der Waals surface area contributed by atoms with Crippen LogP contribution >= 0.6 is 0 Å². The number of fused-ring (bicyclic) bond motifs is 8. The van der Waals surface area contributed by atoms with Gasteiger partial charge >= 0.3 is 0 Å². The molecule has 1 aliphatic carbocycles. The third-order valence-electron chi connectivity index (χ3n) is 10.4. The van der Waals surface area contributed by atoms with Crippen molar-refractivity contribution < 1.29 is 4.74 Å². The molecule has 4 nitrogen and oxygen atoms in total. The van der Waals surface area contributed by atoms with E-state index in [4.69, 9.17) is 9.73 Å². The Morgan fingerprint density at radius 3 is 1.96 bits per heavy atom. The van der Waals surface area contributed by atoms with Crippen molar-refractivity contribution in [1.29, 1.82) is 0 Å². The van der Waals surface area contributed by atoms with Crippen LogP contribution in [-0.4, -0.2) is 12.3 Å². The third-order valence-corrected chi connectivity index (χ3v) is 10.4. The molecule has 1 spiro atoms. The Morgan fingerprint density at radius 2 is 1.24 bits per heavy atom. The molecule has 1 unspecified atom stereocenters. The molecule has 6 aromatic rings. The summed E-state index contributed by atoms with van der Waals surface area (Å²) in [5.74, 6) is 1.80. The quantitative estimate of drug-likeness (QED) is 0.201. The summed E-state index contributed by atoms with van der Waals surface area (Å²) in [5, 5.41) is 7.53. The number of nitrogens with one attached hydrogen (secondary N) is 2. The van der Waals surface area contributed by atoms with Gasteiger partial charge in [-0.15, -0.1) is 0 Å². The minimum absolute atomic E-state index is 0.216. The van der Waals surface area contributed by atoms with Gasteiger partial charge in [0.15, 0.2) is 0 Å². The van der Waals surface area contributed by atoms with Crippen LogP contribution in [0.2, 0.25) is 0 Å². The fourth-order valence-corrected chi connectivity index (χ4v) is 8.13. The number of rotatable bonds is 4. The number of benzene rings is 6. The summed E-state index contributed by atoms with van der Waals surface area (Å²) in [6, 6.07) is 53.8. The highest BCUT2D eigenvalue weighted by molar-refractivity contribution is 6.13. The van der Waals surface area contributed by atoms with Crippen LogP contribution in [0.3, 0.4) is 0 Å². The Labute approximate surface area is 291 Å². The van der Waals surface area contributed by atoms with Gasteiger partial charge in [0.2, 0.25) is 0 Å².